The summed E-state index contributed by atoms with van der Waals surface area (Å²) < 4.78 is 5.66. The normalized spacial score (nSPS) is 16.9. The summed E-state index contributed by atoms with van der Waals surface area (Å²) in [6, 6.07) is 14.6. The van der Waals surface area contributed by atoms with Crippen LogP contribution in [0.3, 0.4) is 0 Å². The Morgan fingerprint density at radius 1 is 1.27 bits per heavy atom. The van der Waals surface area contributed by atoms with Gasteiger partial charge in [-0.15, -0.1) is 0 Å². The Morgan fingerprint density at radius 2 is 2.04 bits per heavy atom. The summed E-state index contributed by atoms with van der Waals surface area (Å²) in [6.45, 7) is 1.88. The van der Waals surface area contributed by atoms with Crippen LogP contribution in [0.1, 0.15) is 13.3 Å². The highest BCUT2D eigenvalue weighted by Crippen LogP contribution is 2.32. The van der Waals surface area contributed by atoms with Crippen molar-refractivity contribution >= 4 is 46.1 Å². The average Bonchev–Trinajstić information content (AvgIpc) is 2.98. The number of hydrogen-bond acceptors (Lipinski definition) is 5. The number of amides is 2. The van der Waals surface area contributed by atoms with Gasteiger partial charge in [-0.3, -0.25) is 9.59 Å². The van der Waals surface area contributed by atoms with Crippen molar-refractivity contribution in [1.29, 1.82) is 0 Å². The van der Waals surface area contributed by atoms with Crippen LogP contribution in [-0.4, -0.2) is 28.6 Å². The van der Waals surface area contributed by atoms with Crippen LogP contribution in [0.25, 0.3) is 11.1 Å². The van der Waals surface area contributed by atoms with E-state index < -0.39 is 0 Å². The van der Waals surface area contributed by atoms with Crippen LogP contribution in [0.5, 0.6) is 0 Å². The fourth-order valence-corrected chi connectivity index (χ4v) is 3.77. The highest BCUT2D eigenvalue weighted by molar-refractivity contribution is 7.99. The summed E-state index contributed by atoms with van der Waals surface area (Å²) in [7, 11) is 0. The fourth-order valence-electron chi connectivity index (χ4n) is 3.07. The summed E-state index contributed by atoms with van der Waals surface area (Å²) >= 11 is 1.26. The molecule has 2 amide bonds. The third-order valence-corrected chi connectivity index (χ3v) is 5.03. The molecule has 0 unspecified atom stereocenters. The zero-order valence-corrected chi connectivity index (χ0v) is 15.0. The van der Waals surface area contributed by atoms with E-state index in [9.17, 15) is 9.59 Å². The van der Waals surface area contributed by atoms with Gasteiger partial charge in [-0.05, 0) is 31.2 Å². The molecule has 0 saturated carbocycles. The van der Waals surface area contributed by atoms with Gasteiger partial charge in [0.2, 0.25) is 11.8 Å². The molecule has 2 heterocycles. The van der Waals surface area contributed by atoms with Crippen LogP contribution in [0.4, 0.5) is 11.4 Å². The van der Waals surface area contributed by atoms with Crippen molar-refractivity contribution in [2.45, 2.75) is 24.6 Å². The van der Waals surface area contributed by atoms with E-state index in [4.69, 9.17) is 4.42 Å². The Balaban J connectivity index is 1.55. The van der Waals surface area contributed by atoms with E-state index in [0.29, 0.717) is 22.2 Å². The van der Waals surface area contributed by atoms with E-state index in [1.807, 2.05) is 49.4 Å². The van der Waals surface area contributed by atoms with E-state index in [2.05, 4.69) is 10.3 Å². The lowest BCUT2D eigenvalue weighted by atomic mass is 10.2. The SMILES string of the molecule is C[C@@H]1CC(=O)Nc2ccccc2N1C(=O)CSc1nc2ccccc2o1. The van der Waals surface area contributed by atoms with Crippen molar-refractivity contribution in [2.75, 3.05) is 16.0 Å². The number of thioether (sulfide) groups is 1. The van der Waals surface area contributed by atoms with Crippen molar-refractivity contribution in [3.05, 3.63) is 48.5 Å². The van der Waals surface area contributed by atoms with Gasteiger partial charge >= 0.3 is 0 Å². The quantitative estimate of drug-likeness (QED) is 0.715. The zero-order valence-electron chi connectivity index (χ0n) is 14.1. The number of rotatable bonds is 3. The van der Waals surface area contributed by atoms with Gasteiger partial charge in [0.1, 0.15) is 5.52 Å². The van der Waals surface area contributed by atoms with E-state index >= 15 is 0 Å². The minimum atomic E-state index is -0.226. The maximum absolute atomic E-state index is 12.9. The van der Waals surface area contributed by atoms with Crippen molar-refractivity contribution in [1.82, 2.24) is 4.98 Å². The van der Waals surface area contributed by atoms with Crippen molar-refractivity contribution < 1.29 is 14.0 Å². The molecule has 1 N–H and O–H groups in total. The van der Waals surface area contributed by atoms with Gasteiger partial charge in [0.25, 0.3) is 5.22 Å². The maximum Gasteiger partial charge on any atom is 0.257 e. The van der Waals surface area contributed by atoms with E-state index in [1.165, 1.54) is 11.8 Å². The topological polar surface area (TPSA) is 75.4 Å². The first-order valence-electron chi connectivity index (χ1n) is 8.31. The number of nitrogens with zero attached hydrogens (tertiary/aromatic N) is 2. The molecule has 0 aliphatic carbocycles. The third kappa shape index (κ3) is 3.17. The Labute approximate surface area is 154 Å². The minimum Gasteiger partial charge on any atom is -0.431 e. The summed E-state index contributed by atoms with van der Waals surface area (Å²) in [5.41, 5.74) is 2.84. The molecule has 3 aromatic rings. The maximum atomic E-state index is 12.9. The molecule has 1 aliphatic heterocycles. The number of benzene rings is 2. The van der Waals surface area contributed by atoms with Crippen LogP contribution in [0.15, 0.2) is 58.2 Å². The second-order valence-electron chi connectivity index (χ2n) is 6.12. The van der Waals surface area contributed by atoms with Crippen LogP contribution < -0.4 is 10.2 Å². The van der Waals surface area contributed by atoms with Crippen LogP contribution in [0.2, 0.25) is 0 Å². The molecule has 6 nitrogen and oxygen atoms in total. The van der Waals surface area contributed by atoms with Crippen LogP contribution in [-0.2, 0) is 9.59 Å². The first kappa shape index (κ1) is 16.7. The number of nitrogens with one attached hydrogen (secondary N) is 1. The van der Waals surface area contributed by atoms with Gasteiger partial charge in [-0.2, -0.15) is 0 Å². The Hall–Kier alpha value is -2.80. The molecule has 2 aromatic carbocycles. The number of para-hydroxylation sites is 4. The first-order chi connectivity index (χ1) is 12.6. The lowest BCUT2D eigenvalue weighted by molar-refractivity contribution is -0.117. The van der Waals surface area contributed by atoms with Crippen molar-refractivity contribution in [3.63, 3.8) is 0 Å². The number of carbonyl (C=O) groups is 2. The Kier molecular flexibility index (Phi) is 4.38. The summed E-state index contributed by atoms with van der Waals surface area (Å²) in [6.07, 6.45) is 0.258. The molecule has 26 heavy (non-hydrogen) atoms. The first-order valence-corrected chi connectivity index (χ1v) is 9.29. The molecule has 7 heteroatoms. The monoisotopic (exact) mass is 367 g/mol. The smallest absolute Gasteiger partial charge is 0.257 e. The van der Waals surface area contributed by atoms with E-state index in [1.54, 1.807) is 11.0 Å². The fraction of sp³-hybridized carbons (Fsp3) is 0.211. The second-order valence-corrected chi connectivity index (χ2v) is 7.04. The van der Waals surface area contributed by atoms with E-state index in [-0.39, 0.29) is 30.0 Å². The molecule has 132 valence electrons. The number of carbonyl (C=O) groups excluding carboxylic acids is 2. The largest absolute Gasteiger partial charge is 0.431 e. The van der Waals surface area contributed by atoms with Crippen LogP contribution in [0, 0.1) is 0 Å². The molecule has 0 fully saturated rings. The highest BCUT2D eigenvalue weighted by atomic mass is 32.2. The molecule has 1 atom stereocenters. The van der Waals surface area contributed by atoms with E-state index in [0.717, 1.165) is 5.52 Å². The second kappa shape index (κ2) is 6.84. The predicted octanol–water partition coefficient (Wildman–Crippen LogP) is 3.68. The molecule has 4 rings (SSSR count). The van der Waals surface area contributed by atoms with Gasteiger partial charge < -0.3 is 14.6 Å². The minimum absolute atomic E-state index is 0.0892. The van der Waals surface area contributed by atoms with Gasteiger partial charge in [-0.25, -0.2) is 4.98 Å². The number of anilines is 2. The molecule has 1 aromatic heterocycles. The molecule has 0 bridgehead atoms. The average molecular weight is 367 g/mol. The van der Waals surface area contributed by atoms with Crippen molar-refractivity contribution in [2.24, 2.45) is 0 Å². The Morgan fingerprint density at radius 3 is 2.88 bits per heavy atom. The molecule has 0 saturated heterocycles. The summed E-state index contributed by atoms with van der Waals surface area (Å²) in [4.78, 5) is 31.0. The molecular weight excluding hydrogens is 350 g/mol. The molecule has 1 aliphatic rings. The molecule has 0 radical (unpaired) electrons. The lowest BCUT2D eigenvalue weighted by Gasteiger charge is -2.27. The number of oxazole rings is 1. The molecule has 0 spiro atoms. The lowest BCUT2D eigenvalue weighted by Crippen LogP contribution is -2.40. The number of fused-ring (bicyclic) bond motifs is 2. The Bertz CT molecular complexity index is 952. The number of aromatic nitrogens is 1. The van der Waals surface area contributed by atoms with Gasteiger partial charge in [0.05, 0.1) is 17.1 Å². The third-order valence-electron chi connectivity index (χ3n) is 4.22. The van der Waals surface area contributed by atoms with Gasteiger partial charge in [-0.1, -0.05) is 36.0 Å². The highest BCUT2D eigenvalue weighted by Gasteiger charge is 2.29. The zero-order chi connectivity index (χ0) is 18.1. The standard InChI is InChI=1S/C19H17N3O3S/c1-12-10-17(23)20-13-6-2-4-8-15(13)22(12)18(24)11-26-19-21-14-7-3-5-9-16(14)25-19/h2-9,12H,10-11H2,1H3,(H,20,23)/t12-/m1/s1. The van der Waals surface area contributed by atoms with Gasteiger partial charge in [0, 0.05) is 12.5 Å². The van der Waals surface area contributed by atoms with Gasteiger partial charge in [0.15, 0.2) is 5.58 Å². The summed E-state index contributed by atoms with van der Waals surface area (Å²) in [5.74, 6) is 0.000208. The van der Waals surface area contributed by atoms with Crippen LogP contribution >= 0.6 is 11.8 Å². The van der Waals surface area contributed by atoms with Crippen molar-refractivity contribution in [3.8, 4) is 0 Å². The predicted molar refractivity (Wildman–Crippen MR) is 101 cm³/mol. The summed E-state index contributed by atoms with van der Waals surface area (Å²) in [5, 5.41) is 3.32. The molecular formula is C19H17N3O3S. The number of hydrogen-bond donors (Lipinski definition) is 1.